The number of ether oxygens (including phenoxy) is 1. The van der Waals surface area contributed by atoms with E-state index in [-0.39, 0.29) is 18.3 Å². The lowest BCUT2D eigenvalue weighted by Gasteiger charge is -2.31. The molecule has 0 bridgehead atoms. The topological polar surface area (TPSA) is 41.6 Å². The number of nitrogens with zero attached hydrogens (tertiary/aromatic N) is 1. The highest BCUT2D eigenvalue weighted by molar-refractivity contribution is 6.30. The Hall–Kier alpha value is -1.75. The van der Waals surface area contributed by atoms with Crippen LogP contribution >= 0.6 is 24.0 Å². The number of carbonyl (C=O) groups is 1. The summed E-state index contributed by atoms with van der Waals surface area (Å²) in [5, 5.41) is 3.95. The van der Waals surface area contributed by atoms with Gasteiger partial charge in [0.05, 0.1) is 0 Å². The first-order valence-corrected chi connectivity index (χ1v) is 8.52. The normalized spacial score (nSPS) is 14.5. The second-order valence-corrected chi connectivity index (χ2v) is 6.42. The minimum Gasteiger partial charge on any atom is -0.457 e. The second-order valence-electron chi connectivity index (χ2n) is 5.98. The molecule has 1 fully saturated rings. The quantitative estimate of drug-likeness (QED) is 0.855. The summed E-state index contributed by atoms with van der Waals surface area (Å²) in [5.74, 6) is 1.41. The Labute approximate surface area is 159 Å². The van der Waals surface area contributed by atoms with Gasteiger partial charge in [0.2, 0.25) is 0 Å². The zero-order valence-electron chi connectivity index (χ0n) is 14.1. The fraction of sp³-hybridized carbons (Fsp3) is 0.316. The maximum atomic E-state index is 12.6. The smallest absolute Gasteiger partial charge is 0.253 e. The van der Waals surface area contributed by atoms with Gasteiger partial charge in [-0.05, 0) is 68.4 Å². The maximum Gasteiger partial charge on any atom is 0.253 e. The number of hydrogen-bond donors (Lipinski definition) is 1. The highest BCUT2D eigenvalue weighted by Crippen LogP contribution is 2.25. The van der Waals surface area contributed by atoms with Crippen LogP contribution in [-0.2, 0) is 0 Å². The molecule has 1 N–H and O–H groups in total. The van der Waals surface area contributed by atoms with Crippen LogP contribution in [0.1, 0.15) is 23.2 Å². The number of halogens is 2. The van der Waals surface area contributed by atoms with Crippen molar-refractivity contribution < 1.29 is 9.53 Å². The Morgan fingerprint density at radius 3 is 2.44 bits per heavy atom. The highest BCUT2D eigenvalue weighted by Gasteiger charge is 2.22. The summed E-state index contributed by atoms with van der Waals surface area (Å²) in [4.78, 5) is 14.5. The predicted octanol–water partition coefficient (Wildman–Crippen LogP) is 4.38. The molecule has 0 aromatic heterocycles. The molecule has 0 unspecified atom stereocenters. The van der Waals surface area contributed by atoms with Crippen LogP contribution in [-0.4, -0.2) is 37.0 Å². The molecule has 4 nitrogen and oxygen atoms in total. The molecule has 134 valence electrons. The number of amides is 1. The summed E-state index contributed by atoms with van der Waals surface area (Å²) >= 11 is 5.95. The van der Waals surface area contributed by atoms with Crippen molar-refractivity contribution in [3.63, 3.8) is 0 Å². The van der Waals surface area contributed by atoms with E-state index >= 15 is 0 Å². The van der Waals surface area contributed by atoms with E-state index in [1.807, 2.05) is 36.2 Å². The van der Waals surface area contributed by atoms with Gasteiger partial charge in [-0.15, -0.1) is 12.4 Å². The van der Waals surface area contributed by atoms with Crippen molar-refractivity contribution in [2.45, 2.75) is 18.9 Å². The summed E-state index contributed by atoms with van der Waals surface area (Å²) in [6, 6.07) is 14.8. The van der Waals surface area contributed by atoms with Gasteiger partial charge < -0.3 is 15.0 Å². The zero-order valence-corrected chi connectivity index (χ0v) is 15.6. The van der Waals surface area contributed by atoms with Gasteiger partial charge in [0.1, 0.15) is 11.5 Å². The number of benzene rings is 2. The first-order valence-electron chi connectivity index (χ1n) is 8.15. The van der Waals surface area contributed by atoms with E-state index in [0.717, 1.165) is 25.9 Å². The number of rotatable bonds is 4. The van der Waals surface area contributed by atoms with Crippen molar-refractivity contribution in [1.29, 1.82) is 0 Å². The van der Waals surface area contributed by atoms with Gasteiger partial charge in [-0.25, -0.2) is 0 Å². The van der Waals surface area contributed by atoms with Crippen molar-refractivity contribution in [3.05, 3.63) is 59.1 Å². The molecule has 1 heterocycles. The largest absolute Gasteiger partial charge is 0.457 e. The van der Waals surface area contributed by atoms with Crippen molar-refractivity contribution in [3.8, 4) is 11.5 Å². The lowest BCUT2D eigenvalue weighted by Crippen LogP contribution is -2.43. The van der Waals surface area contributed by atoms with E-state index in [9.17, 15) is 4.79 Å². The van der Waals surface area contributed by atoms with E-state index in [1.54, 1.807) is 24.3 Å². The molecular weight excluding hydrogens is 359 g/mol. The fourth-order valence-electron chi connectivity index (χ4n) is 2.90. The Bertz CT molecular complexity index is 701. The Morgan fingerprint density at radius 2 is 1.80 bits per heavy atom. The Balaban J connectivity index is 0.00000225. The van der Waals surface area contributed by atoms with E-state index < -0.39 is 0 Å². The van der Waals surface area contributed by atoms with Crippen LogP contribution in [0.25, 0.3) is 0 Å². The van der Waals surface area contributed by atoms with E-state index in [2.05, 4.69) is 5.32 Å². The van der Waals surface area contributed by atoms with Gasteiger partial charge in [-0.1, -0.05) is 17.7 Å². The van der Waals surface area contributed by atoms with Crippen molar-refractivity contribution >= 4 is 29.9 Å². The molecule has 0 radical (unpaired) electrons. The third-order valence-electron chi connectivity index (χ3n) is 4.31. The van der Waals surface area contributed by atoms with E-state index in [1.165, 1.54) is 0 Å². The molecule has 3 rings (SSSR count). The summed E-state index contributed by atoms with van der Waals surface area (Å²) in [5.41, 5.74) is 0.675. The van der Waals surface area contributed by atoms with Crippen LogP contribution in [0.4, 0.5) is 0 Å². The Morgan fingerprint density at radius 1 is 1.12 bits per heavy atom. The monoisotopic (exact) mass is 380 g/mol. The van der Waals surface area contributed by atoms with Crippen LogP contribution in [0.5, 0.6) is 11.5 Å². The number of carbonyl (C=O) groups excluding carboxylic acids is 1. The van der Waals surface area contributed by atoms with Crippen molar-refractivity contribution in [2.24, 2.45) is 0 Å². The van der Waals surface area contributed by atoms with Crippen molar-refractivity contribution in [1.82, 2.24) is 10.2 Å². The summed E-state index contributed by atoms with van der Waals surface area (Å²) in [7, 11) is 1.88. The number of nitrogens with one attached hydrogen (secondary N) is 1. The molecule has 2 aromatic carbocycles. The lowest BCUT2D eigenvalue weighted by molar-refractivity contribution is 0.0703. The summed E-state index contributed by atoms with van der Waals surface area (Å²) in [6.45, 7) is 1.93. The molecule has 1 aliphatic heterocycles. The van der Waals surface area contributed by atoms with Gasteiger partial charge >= 0.3 is 0 Å². The third-order valence-corrected chi connectivity index (χ3v) is 4.54. The SMILES string of the molecule is CN(C(=O)c1ccc(Oc2cccc(Cl)c2)cc1)C1CCNCC1.Cl. The van der Waals surface area contributed by atoms with Gasteiger partial charge in [0.15, 0.2) is 0 Å². The van der Waals surface area contributed by atoms with Gasteiger partial charge in [-0.2, -0.15) is 0 Å². The first kappa shape index (κ1) is 19.6. The summed E-state index contributed by atoms with van der Waals surface area (Å²) in [6.07, 6.45) is 2.00. The van der Waals surface area contributed by atoms with Gasteiger partial charge in [0.25, 0.3) is 5.91 Å². The van der Waals surface area contributed by atoms with Crippen LogP contribution in [0, 0.1) is 0 Å². The van der Waals surface area contributed by atoms with Crippen LogP contribution < -0.4 is 10.1 Å². The van der Waals surface area contributed by atoms with Crippen LogP contribution in [0.3, 0.4) is 0 Å². The predicted molar refractivity (Wildman–Crippen MR) is 103 cm³/mol. The average molecular weight is 381 g/mol. The third kappa shape index (κ3) is 5.11. The molecule has 1 amide bonds. The molecule has 2 aromatic rings. The lowest BCUT2D eigenvalue weighted by atomic mass is 10.0. The van der Waals surface area contributed by atoms with E-state index in [4.69, 9.17) is 16.3 Å². The zero-order chi connectivity index (χ0) is 16.9. The average Bonchev–Trinajstić information content (AvgIpc) is 2.62. The molecule has 0 atom stereocenters. The fourth-order valence-corrected chi connectivity index (χ4v) is 3.08. The highest BCUT2D eigenvalue weighted by atomic mass is 35.5. The standard InChI is InChI=1S/C19H21ClN2O2.ClH/c1-22(16-9-11-21-12-10-16)19(23)14-5-7-17(8-6-14)24-18-4-2-3-15(20)13-18;/h2-8,13,16,21H,9-12H2,1H3;1H. The molecule has 1 saturated heterocycles. The van der Waals surface area contributed by atoms with Crippen LogP contribution in [0.15, 0.2) is 48.5 Å². The molecular formula is C19H22Cl2N2O2. The molecule has 25 heavy (non-hydrogen) atoms. The van der Waals surface area contributed by atoms with E-state index in [0.29, 0.717) is 28.1 Å². The molecule has 6 heteroatoms. The molecule has 0 spiro atoms. The minimum absolute atomic E-state index is 0. The van der Waals surface area contributed by atoms with Crippen molar-refractivity contribution in [2.75, 3.05) is 20.1 Å². The van der Waals surface area contributed by atoms with Gasteiger partial charge in [0, 0.05) is 23.7 Å². The molecule has 1 aliphatic rings. The van der Waals surface area contributed by atoms with Crippen LogP contribution in [0.2, 0.25) is 5.02 Å². The maximum absolute atomic E-state index is 12.6. The number of piperidine rings is 1. The Kier molecular flexibility index (Phi) is 7.12. The molecule has 0 saturated carbocycles. The minimum atomic E-state index is 0. The number of hydrogen-bond acceptors (Lipinski definition) is 3. The first-order chi connectivity index (χ1) is 11.6. The molecule has 0 aliphatic carbocycles. The second kappa shape index (κ2) is 9.09. The van der Waals surface area contributed by atoms with Gasteiger partial charge in [-0.3, -0.25) is 4.79 Å². The summed E-state index contributed by atoms with van der Waals surface area (Å²) < 4.78 is 5.75.